The second kappa shape index (κ2) is 7.17. The van der Waals surface area contributed by atoms with Gasteiger partial charge in [-0.1, -0.05) is 20.8 Å². The summed E-state index contributed by atoms with van der Waals surface area (Å²) in [6.07, 6.45) is 3.52. The Bertz CT molecular complexity index is 644. The second-order valence-electron chi connectivity index (χ2n) is 8.59. The van der Waals surface area contributed by atoms with Gasteiger partial charge in [0.1, 0.15) is 0 Å². The van der Waals surface area contributed by atoms with Crippen molar-refractivity contribution in [3.63, 3.8) is 0 Å². The molecule has 25 heavy (non-hydrogen) atoms. The van der Waals surface area contributed by atoms with Crippen LogP contribution in [0.4, 0.5) is 0 Å². The number of nitrogens with zero attached hydrogens (tertiary/aromatic N) is 3. The highest BCUT2D eigenvalue weighted by atomic mass is 16.5. The van der Waals surface area contributed by atoms with E-state index in [9.17, 15) is 9.90 Å². The Kier molecular flexibility index (Phi) is 5.32. The van der Waals surface area contributed by atoms with Gasteiger partial charge in [0.05, 0.1) is 17.8 Å². The fourth-order valence-corrected chi connectivity index (χ4v) is 3.78. The zero-order valence-electron chi connectivity index (χ0n) is 15.7. The molecular formula is C19H31N3O3. The van der Waals surface area contributed by atoms with Crippen LogP contribution in [-0.4, -0.2) is 57.7 Å². The molecule has 1 unspecified atom stereocenters. The molecule has 0 saturated carbocycles. The first kappa shape index (κ1) is 18.5. The van der Waals surface area contributed by atoms with E-state index in [-0.39, 0.29) is 17.0 Å². The summed E-state index contributed by atoms with van der Waals surface area (Å²) >= 11 is 0. The molecule has 1 N–H and O–H groups in total. The SMILES string of the molecule is CC(C)(C)c1ccc(=O)n(CC2CCCN2CC2(O)CCOCC2)n1. The monoisotopic (exact) mass is 349 g/mol. The van der Waals surface area contributed by atoms with Crippen molar-refractivity contribution in [3.8, 4) is 0 Å². The van der Waals surface area contributed by atoms with Crippen molar-refractivity contribution in [1.82, 2.24) is 14.7 Å². The predicted molar refractivity (Wildman–Crippen MR) is 96.8 cm³/mol. The van der Waals surface area contributed by atoms with Crippen LogP contribution in [0.25, 0.3) is 0 Å². The number of hydrogen-bond donors (Lipinski definition) is 1. The Labute approximate surface area is 149 Å². The van der Waals surface area contributed by atoms with Crippen molar-refractivity contribution in [3.05, 3.63) is 28.2 Å². The van der Waals surface area contributed by atoms with Gasteiger partial charge < -0.3 is 9.84 Å². The van der Waals surface area contributed by atoms with Crippen LogP contribution >= 0.6 is 0 Å². The van der Waals surface area contributed by atoms with Crippen molar-refractivity contribution in [2.75, 3.05) is 26.3 Å². The quantitative estimate of drug-likeness (QED) is 0.893. The van der Waals surface area contributed by atoms with E-state index in [4.69, 9.17) is 4.74 Å². The molecule has 6 nitrogen and oxygen atoms in total. The van der Waals surface area contributed by atoms with Gasteiger partial charge >= 0.3 is 0 Å². The average molecular weight is 349 g/mol. The summed E-state index contributed by atoms with van der Waals surface area (Å²) in [5.74, 6) is 0. The molecule has 0 bridgehead atoms. The summed E-state index contributed by atoms with van der Waals surface area (Å²) in [5, 5.41) is 15.4. The number of ether oxygens (including phenoxy) is 1. The van der Waals surface area contributed by atoms with Gasteiger partial charge in [0.2, 0.25) is 0 Å². The van der Waals surface area contributed by atoms with Gasteiger partial charge in [0, 0.05) is 50.1 Å². The number of β-amino-alcohol motifs (C(OH)–C–C–N with tert-alkyl or cyclic N) is 1. The number of rotatable bonds is 4. The maximum Gasteiger partial charge on any atom is 0.266 e. The van der Waals surface area contributed by atoms with Crippen molar-refractivity contribution in [1.29, 1.82) is 0 Å². The van der Waals surface area contributed by atoms with Crippen LogP contribution in [0.5, 0.6) is 0 Å². The van der Waals surface area contributed by atoms with Crippen LogP contribution in [0.2, 0.25) is 0 Å². The van der Waals surface area contributed by atoms with Gasteiger partial charge in [0.25, 0.3) is 5.56 Å². The van der Waals surface area contributed by atoms with E-state index in [1.165, 1.54) is 0 Å². The van der Waals surface area contributed by atoms with Crippen LogP contribution in [0, 0.1) is 0 Å². The molecule has 0 aromatic carbocycles. The van der Waals surface area contributed by atoms with E-state index in [1.807, 2.05) is 6.07 Å². The normalized spacial score (nSPS) is 24.6. The van der Waals surface area contributed by atoms with Gasteiger partial charge in [0.15, 0.2) is 0 Å². The molecule has 0 spiro atoms. The minimum atomic E-state index is -0.660. The van der Waals surface area contributed by atoms with Crippen LogP contribution in [0.15, 0.2) is 16.9 Å². The first-order chi connectivity index (χ1) is 11.8. The number of aliphatic hydroxyl groups is 1. The summed E-state index contributed by atoms with van der Waals surface area (Å²) in [6, 6.07) is 3.71. The Morgan fingerprint density at radius 1 is 1.32 bits per heavy atom. The van der Waals surface area contributed by atoms with E-state index in [0.717, 1.165) is 25.1 Å². The van der Waals surface area contributed by atoms with E-state index in [0.29, 0.717) is 39.1 Å². The number of hydrogen-bond acceptors (Lipinski definition) is 5. The molecule has 1 aromatic rings. The van der Waals surface area contributed by atoms with Crippen LogP contribution < -0.4 is 5.56 Å². The third-order valence-corrected chi connectivity index (χ3v) is 5.44. The molecule has 1 aromatic heterocycles. The third kappa shape index (κ3) is 4.49. The Hall–Kier alpha value is -1.24. The zero-order chi connectivity index (χ0) is 18.1. The van der Waals surface area contributed by atoms with Crippen LogP contribution in [-0.2, 0) is 16.7 Å². The molecule has 0 radical (unpaired) electrons. The molecule has 140 valence electrons. The fourth-order valence-electron chi connectivity index (χ4n) is 3.78. The van der Waals surface area contributed by atoms with Gasteiger partial charge in [-0.25, -0.2) is 4.68 Å². The molecule has 6 heteroatoms. The van der Waals surface area contributed by atoms with Crippen LogP contribution in [0.3, 0.4) is 0 Å². The summed E-state index contributed by atoms with van der Waals surface area (Å²) in [4.78, 5) is 14.6. The molecule has 2 saturated heterocycles. The molecule has 3 rings (SSSR count). The van der Waals surface area contributed by atoms with Gasteiger partial charge in [-0.2, -0.15) is 5.10 Å². The lowest BCUT2D eigenvalue weighted by atomic mass is 9.92. The lowest BCUT2D eigenvalue weighted by Gasteiger charge is -2.37. The molecule has 1 atom stereocenters. The van der Waals surface area contributed by atoms with Crippen molar-refractivity contribution in [2.24, 2.45) is 0 Å². The summed E-state index contributed by atoms with van der Waals surface area (Å²) < 4.78 is 6.99. The molecule has 2 fully saturated rings. The van der Waals surface area contributed by atoms with Crippen LogP contribution in [0.1, 0.15) is 52.1 Å². The van der Waals surface area contributed by atoms with Crippen molar-refractivity contribution < 1.29 is 9.84 Å². The standard InChI is InChI=1S/C19H31N3O3/c1-18(2,3)16-6-7-17(23)22(20-16)13-15-5-4-10-21(15)14-19(24)8-11-25-12-9-19/h6-7,15,24H,4-5,8-14H2,1-3H3. The smallest absolute Gasteiger partial charge is 0.266 e. The largest absolute Gasteiger partial charge is 0.388 e. The summed E-state index contributed by atoms with van der Waals surface area (Å²) in [5.41, 5.74) is 0.137. The Morgan fingerprint density at radius 2 is 2.04 bits per heavy atom. The lowest BCUT2D eigenvalue weighted by Crippen LogP contribution is -2.49. The highest BCUT2D eigenvalue weighted by molar-refractivity contribution is 5.10. The minimum Gasteiger partial charge on any atom is -0.388 e. The molecule has 2 aliphatic rings. The Balaban J connectivity index is 1.72. The Morgan fingerprint density at radius 3 is 2.72 bits per heavy atom. The van der Waals surface area contributed by atoms with Crippen molar-refractivity contribution in [2.45, 2.75) is 70.1 Å². The van der Waals surface area contributed by atoms with Crippen molar-refractivity contribution >= 4 is 0 Å². The molecule has 2 aliphatic heterocycles. The molecule has 3 heterocycles. The van der Waals surface area contributed by atoms with E-state index in [1.54, 1.807) is 10.7 Å². The zero-order valence-corrected chi connectivity index (χ0v) is 15.7. The highest BCUT2D eigenvalue weighted by Crippen LogP contribution is 2.27. The lowest BCUT2D eigenvalue weighted by molar-refractivity contribution is -0.0821. The molecular weight excluding hydrogens is 318 g/mol. The number of likely N-dealkylation sites (tertiary alicyclic amines) is 1. The highest BCUT2D eigenvalue weighted by Gasteiger charge is 2.36. The minimum absolute atomic E-state index is 0.0513. The van der Waals surface area contributed by atoms with E-state index < -0.39 is 5.60 Å². The maximum absolute atomic E-state index is 12.3. The summed E-state index contributed by atoms with van der Waals surface area (Å²) in [7, 11) is 0. The van der Waals surface area contributed by atoms with Gasteiger partial charge in [-0.15, -0.1) is 0 Å². The predicted octanol–water partition coefficient (Wildman–Crippen LogP) is 1.55. The maximum atomic E-state index is 12.3. The van der Waals surface area contributed by atoms with Gasteiger partial charge in [-0.05, 0) is 25.5 Å². The topological polar surface area (TPSA) is 67.6 Å². The number of aromatic nitrogens is 2. The third-order valence-electron chi connectivity index (χ3n) is 5.44. The molecule has 0 aliphatic carbocycles. The molecule has 0 amide bonds. The second-order valence-corrected chi connectivity index (χ2v) is 8.59. The fraction of sp³-hybridized carbons (Fsp3) is 0.789. The summed E-state index contributed by atoms with van der Waals surface area (Å²) in [6.45, 7) is 9.80. The van der Waals surface area contributed by atoms with E-state index in [2.05, 4.69) is 30.8 Å². The van der Waals surface area contributed by atoms with Gasteiger partial charge in [-0.3, -0.25) is 9.69 Å². The van der Waals surface area contributed by atoms with E-state index >= 15 is 0 Å². The first-order valence-electron chi connectivity index (χ1n) is 9.40. The first-order valence-corrected chi connectivity index (χ1v) is 9.40. The average Bonchev–Trinajstić information content (AvgIpc) is 2.95.